The number of hydrogen-bond acceptors (Lipinski definition) is 14. The highest BCUT2D eigenvalue weighted by Gasteiger charge is 2.49. The number of carbonyl (C=O) groups is 10. The van der Waals surface area contributed by atoms with E-state index in [1.165, 1.54) is 6.42 Å². The Hall–Kier alpha value is -8.56. The van der Waals surface area contributed by atoms with Crippen LogP contribution in [0.3, 0.4) is 0 Å². The number of hydrogen-bond donors (Lipinski definition) is 14. The minimum absolute atomic E-state index is 0.0208. The van der Waals surface area contributed by atoms with Gasteiger partial charge in [-0.25, -0.2) is 0 Å². The number of rotatable bonds is 35. The van der Waals surface area contributed by atoms with Gasteiger partial charge in [-0.05, 0) is 136 Å². The van der Waals surface area contributed by atoms with Gasteiger partial charge in [-0.15, -0.1) is 0 Å². The van der Waals surface area contributed by atoms with Crippen molar-refractivity contribution in [1.29, 1.82) is 0 Å². The molecule has 0 unspecified atom stereocenters. The first-order valence-electron chi connectivity index (χ1n) is 30.9. The third-order valence-corrected chi connectivity index (χ3v) is 17.2. The maximum atomic E-state index is 14.7. The van der Waals surface area contributed by atoms with Gasteiger partial charge in [0.05, 0.1) is 19.6 Å². The summed E-state index contributed by atoms with van der Waals surface area (Å²) >= 11 is 0. The molecular formula is C61H92N16O12. The number of aliphatic hydroxyl groups excluding tert-OH is 1. The Kier molecular flexibility index (Phi) is 26.3. The van der Waals surface area contributed by atoms with E-state index < -0.39 is 120 Å². The number of nitrogens with zero attached hydrogens (tertiary/aromatic N) is 3. The molecule has 1 heterocycles. The molecule has 0 spiro atoms. The molecule has 0 aromatic heterocycles. The summed E-state index contributed by atoms with van der Waals surface area (Å²) in [4.78, 5) is 148. The maximum absolute atomic E-state index is 14.7. The Morgan fingerprint density at radius 3 is 1.67 bits per heavy atom. The topological polar surface area (TPSA) is 468 Å². The largest absolute Gasteiger partial charge is 0.494 e. The quantitative estimate of drug-likeness (QED) is 0.0198. The van der Waals surface area contributed by atoms with Crippen molar-refractivity contribution in [3.63, 3.8) is 0 Å². The van der Waals surface area contributed by atoms with Crippen LogP contribution in [0.2, 0.25) is 0 Å². The fraction of sp³-hybridized carbons (Fsp3) is 0.607. The molecule has 8 atom stereocenters. The SMILES string of the molecule is CCOc1ccc(C[C@@H](NC(=O)CC2C3CC4CC(C3)CC2C4)C(=O)N[C@@H](Cc2ccccc2)C(=O)N[C@H](C(=O)N[C@@H](CC(N)=O)C(=O)N[C@@H](CO)C(=O)N2CCC[C@H]2C(=O)N[C@@H](CCCN=C(N)N)C(=O)N[C@@H](CCCN=C(N)N)C(N)=O)C(C)C)cc1. The summed E-state index contributed by atoms with van der Waals surface area (Å²) in [5.74, 6) is -5.99. The van der Waals surface area contributed by atoms with Crippen LogP contribution in [0.5, 0.6) is 5.75 Å². The number of nitrogens with two attached hydrogens (primary N) is 6. The van der Waals surface area contributed by atoms with E-state index in [0.29, 0.717) is 41.6 Å². The molecule has 0 radical (unpaired) electrons. The molecule has 28 nitrogen and oxygen atoms in total. The van der Waals surface area contributed by atoms with Gasteiger partial charge in [0.2, 0.25) is 59.1 Å². The molecule has 4 saturated carbocycles. The lowest BCUT2D eigenvalue weighted by molar-refractivity contribution is -0.143. The second-order valence-corrected chi connectivity index (χ2v) is 24.3. The zero-order valence-corrected chi connectivity index (χ0v) is 51.2. The van der Waals surface area contributed by atoms with Crippen LogP contribution in [0.25, 0.3) is 0 Å². The summed E-state index contributed by atoms with van der Waals surface area (Å²) < 4.78 is 5.64. The van der Waals surface area contributed by atoms with Crippen molar-refractivity contribution in [1.82, 2.24) is 42.1 Å². The van der Waals surface area contributed by atoms with Crippen LogP contribution >= 0.6 is 0 Å². The van der Waals surface area contributed by atoms with Crippen molar-refractivity contribution in [2.45, 2.75) is 165 Å². The smallest absolute Gasteiger partial charge is 0.248 e. The van der Waals surface area contributed by atoms with Crippen molar-refractivity contribution < 1.29 is 57.8 Å². The number of carbonyl (C=O) groups excluding carboxylic acids is 10. The molecule has 5 fully saturated rings. The minimum Gasteiger partial charge on any atom is -0.494 e. The molecule has 89 heavy (non-hydrogen) atoms. The molecular weight excluding hydrogens is 1150 g/mol. The van der Waals surface area contributed by atoms with E-state index in [2.05, 4.69) is 47.2 Å². The predicted octanol–water partition coefficient (Wildman–Crippen LogP) is -2.17. The van der Waals surface area contributed by atoms with Gasteiger partial charge in [0.15, 0.2) is 11.9 Å². The summed E-state index contributed by atoms with van der Waals surface area (Å²) in [6.07, 6.45) is 6.14. The van der Waals surface area contributed by atoms with E-state index in [0.717, 1.165) is 36.1 Å². The highest BCUT2D eigenvalue weighted by atomic mass is 16.5. The van der Waals surface area contributed by atoms with Crippen LogP contribution < -0.4 is 76.4 Å². The lowest BCUT2D eigenvalue weighted by atomic mass is 9.51. The van der Waals surface area contributed by atoms with Gasteiger partial charge in [0, 0.05) is 38.9 Å². The molecule has 4 aliphatic carbocycles. The van der Waals surface area contributed by atoms with E-state index in [1.54, 1.807) is 56.3 Å². The van der Waals surface area contributed by atoms with Crippen molar-refractivity contribution >= 4 is 71.0 Å². The Bertz CT molecular complexity index is 2820. The predicted molar refractivity (Wildman–Crippen MR) is 330 cm³/mol. The molecule has 2 aromatic rings. The standard InChI is InChI=1S/C61H92N16O12/c1-4-89-40-18-16-35(17-19-40)29-44(70-50(80)30-41-38-24-36-23-37(26-38)27-39(41)25-36)54(83)73-45(28-34-11-6-5-7-12-34)56(85)76-51(33(2)3)58(87)74-46(31-49(62)79)55(84)75-47(32-78)59(88)77-22-10-15-48(77)57(86)72-43(14-9-21-69-61(66)67)53(82)71-42(52(63)81)13-8-20-68-60(64)65/h5-7,11-12,16-19,33,36-39,41-48,51,78H,4,8-10,13-15,20-32H2,1-3H3,(H2,62,79)(H2,63,81)(H,70,80)(H,71,82)(H,72,86)(H,73,83)(H,74,87)(H,75,84)(H,76,85)(H4,64,65,68)(H4,66,67,69)/t36?,37?,38?,39?,41?,42-,43-,44+,45-,46-,47-,48-,51-/m0/s1. The monoisotopic (exact) mass is 1240 g/mol. The summed E-state index contributed by atoms with van der Waals surface area (Å²) in [6.45, 7) is 4.73. The van der Waals surface area contributed by atoms with Crippen LogP contribution in [0, 0.1) is 35.5 Å². The Morgan fingerprint density at radius 1 is 0.607 bits per heavy atom. The Balaban J connectivity index is 1.14. The van der Waals surface area contributed by atoms with Gasteiger partial charge in [0.1, 0.15) is 54.1 Å². The average Bonchev–Trinajstić information content (AvgIpc) is 1.21. The van der Waals surface area contributed by atoms with Gasteiger partial charge in [0.25, 0.3) is 0 Å². The van der Waals surface area contributed by atoms with Crippen LogP contribution in [0.15, 0.2) is 64.6 Å². The fourth-order valence-corrected chi connectivity index (χ4v) is 13.0. The van der Waals surface area contributed by atoms with Gasteiger partial charge >= 0.3 is 0 Å². The molecule has 2 aromatic carbocycles. The first-order valence-corrected chi connectivity index (χ1v) is 30.9. The van der Waals surface area contributed by atoms with Crippen molar-refractivity contribution in [2.24, 2.45) is 79.9 Å². The van der Waals surface area contributed by atoms with Crippen molar-refractivity contribution in [2.75, 3.05) is 32.8 Å². The Morgan fingerprint density at radius 2 is 1.12 bits per heavy atom. The molecule has 4 bridgehead atoms. The summed E-state index contributed by atoms with van der Waals surface area (Å²) in [6, 6.07) is 5.01. The van der Waals surface area contributed by atoms with Gasteiger partial charge < -0.3 is 86.4 Å². The number of benzene rings is 2. The normalized spacial score (nSPS) is 21.2. The summed E-state index contributed by atoms with van der Waals surface area (Å²) in [5, 5.41) is 29.2. The van der Waals surface area contributed by atoms with E-state index in [-0.39, 0.29) is 101 Å². The second kappa shape index (κ2) is 33.7. The van der Waals surface area contributed by atoms with E-state index in [9.17, 15) is 53.1 Å². The third-order valence-electron chi connectivity index (χ3n) is 17.2. The number of ether oxygens (including phenoxy) is 1. The number of primary amides is 2. The number of aliphatic imine (C=N–C) groups is 2. The number of guanidine groups is 2. The molecule has 1 aliphatic heterocycles. The molecule has 7 rings (SSSR count). The van der Waals surface area contributed by atoms with E-state index in [1.807, 2.05) is 19.1 Å². The zero-order valence-electron chi connectivity index (χ0n) is 51.2. The molecule has 488 valence electrons. The van der Waals surface area contributed by atoms with E-state index in [4.69, 9.17) is 39.1 Å². The highest BCUT2D eigenvalue weighted by molar-refractivity contribution is 5.99. The van der Waals surface area contributed by atoms with Crippen LogP contribution in [0.1, 0.15) is 115 Å². The van der Waals surface area contributed by atoms with Gasteiger partial charge in [-0.2, -0.15) is 0 Å². The maximum Gasteiger partial charge on any atom is 0.248 e. The number of nitrogens with one attached hydrogen (secondary N) is 7. The molecule has 1 saturated heterocycles. The molecule has 10 amide bonds. The van der Waals surface area contributed by atoms with Crippen molar-refractivity contribution in [3.05, 3.63) is 65.7 Å². The number of amides is 10. The van der Waals surface area contributed by atoms with Gasteiger partial charge in [-0.1, -0.05) is 56.3 Å². The number of likely N-dealkylation sites (tertiary alicyclic amines) is 1. The van der Waals surface area contributed by atoms with Crippen LogP contribution in [0.4, 0.5) is 0 Å². The minimum atomic E-state index is -1.77. The lowest BCUT2D eigenvalue weighted by Gasteiger charge is -2.54. The summed E-state index contributed by atoms with van der Waals surface area (Å²) in [5.41, 5.74) is 34.3. The zero-order chi connectivity index (χ0) is 64.9. The fourth-order valence-electron chi connectivity index (χ4n) is 13.0. The second-order valence-electron chi connectivity index (χ2n) is 24.3. The molecule has 5 aliphatic rings. The third kappa shape index (κ3) is 21.0. The molecule has 28 heteroatoms. The highest BCUT2D eigenvalue weighted by Crippen LogP contribution is 2.57. The Labute approximate surface area is 518 Å². The van der Waals surface area contributed by atoms with E-state index >= 15 is 0 Å². The molecule has 20 N–H and O–H groups in total. The number of aliphatic hydroxyl groups is 1. The van der Waals surface area contributed by atoms with Gasteiger partial charge in [-0.3, -0.25) is 57.9 Å². The summed E-state index contributed by atoms with van der Waals surface area (Å²) in [7, 11) is 0. The van der Waals surface area contributed by atoms with Crippen molar-refractivity contribution in [3.8, 4) is 5.75 Å². The van der Waals surface area contributed by atoms with Crippen LogP contribution in [-0.2, 0) is 60.8 Å². The average molecular weight is 1240 g/mol. The van der Waals surface area contributed by atoms with Crippen LogP contribution in [-0.4, -0.2) is 162 Å². The first kappa shape index (κ1) is 69.5. The first-order chi connectivity index (χ1) is 42.4. The lowest BCUT2D eigenvalue weighted by Crippen LogP contribution is -2.62.